The summed E-state index contributed by atoms with van der Waals surface area (Å²) in [5.74, 6) is -2.08. The van der Waals surface area contributed by atoms with Crippen LogP contribution >= 0.6 is 0 Å². The molecule has 2 aliphatic heterocycles. The Morgan fingerprint density at radius 1 is 0.857 bits per heavy atom. The molecule has 0 fully saturated rings. The Morgan fingerprint density at radius 3 is 2.11 bits per heavy atom. The molecule has 0 spiro atoms. The van der Waals surface area contributed by atoms with Crippen molar-refractivity contribution in [2.45, 2.75) is 18.3 Å². The molecular weight excluding hydrogens is 368 g/mol. The summed E-state index contributed by atoms with van der Waals surface area (Å²) in [5.41, 5.74) is 2.13. The van der Waals surface area contributed by atoms with Gasteiger partial charge in [0.05, 0.1) is 12.3 Å². The average Bonchev–Trinajstić information content (AvgIpc) is 3.36. The summed E-state index contributed by atoms with van der Waals surface area (Å²) in [4.78, 5) is 23.7. The highest BCUT2D eigenvalue weighted by molar-refractivity contribution is 5.79. The first-order valence-corrected chi connectivity index (χ1v) is 8.80. The van der Waals surface area contributed by atoms with Gasteiger partial charge >= 0.3 is 11.9 Å². The number of carbonyl (C=O) groups is 2. The Kier molecular flexibility index (Phi) is 3.61. The molecule has 0 amide bonds. The Balaban J connectivity index is 1.68. The molecule has 8 heteroatoms. The monoisotopic (exact) mass is 384 g/mol. The lowest BCUT2D eigenvalue weighted by Crippen LogP contribution is -2.24. The maximum absolute atomic E-state index is 12.2. The van der Waals surface area contributed by atoms with Crippen molar-refractivity contribution in [2.24, 2.45) is 5.92 Å². The Morgan fingerprint density at radius 2 is 1.46 bits per heavy atom. The van der Waals surface area contributed by atoms with Gasteiger partial charge in [-0.05, 0) is 41.0 Å². The smallest absolute Gasteiger partial charge is 0.308 e. The molecule has 8 nitrogen and oxygen atoms in total. The molecule has 0 bridgehead atoms. The van der Waals surface area contributed by atoms with Crippen LogP contribution in [0, 0.1) is 5.92 Å². The van der Waals surface area contributed by atoms with Crippen molar-refractivity contribution in [1.29, 1.82) is 0 Å². The predicted octanol–water partition coefficient (Wildman–Crippen LogP) is 2.55. The van der Waals surface area contributed by atoms with Gasteiger partial charge in [-0.1, -0.05) is 6.07 Å². The summed E-state index contributed by atoms with van der Waals surface area (Å²) in [5, 5.41) is 19.4. The Hall–Kier alpha value is -3.42. The summed E-state index contributed by atoms with van der Waals surface area (Å²) in [6, 6.07) is 8.79. The van der Waals surface area contributed by atoms with Gasteiger partial charge in [0.2, 0.25) is 13.6 Å². The normalized spacial score (nSPS) is 23.5. The van der Waals surface area contributed by atoms with Crippen molar-refractivity contribution in [2.75, 3.05) is 13.6 Å². The van der Waals surface area contributed by atoms with Gasteiger partial charge in [0.15, 0.2) is 23.0 Å². The van der Waals surface area contributed by atoms with Gasteiger partial charge in [-0.3, -0.25) is 9.59 Å². The fourth-order valence-corrected chi connectivity index (χ4v) is 4.42. The highest BCUT2D eigenvalue weighted by Crippen LogP contribution is 2.55. The van der Waals surface area contributed by atoms with Crippen LogP contribution in [0.1, 0.15) is 34.9 Å². The van der Waals surface area contributed by atoms with E-state index in [1.807, 2.05) is 0 Å². The van der Waals surface area contributed by atoms with Crippen LogP contribution in [0.15, 0.2) is 30.3 Å². The van der Waals surface area contributed by atoms with Crippen molar-refractivity contribution >= 4 is 11.9 Å². The Labute approximate surface area is 159 Å². The van der Waals surface area contributed by atoms with Crippen molar-refractivity contribution < 1.29 is 38.7 Å². The molecule has 3 atom stereocenters. The predicted molar refractivity (Wildman–Crippen MR) is 93.1 cm³/mol. The third kappa shape index (κ3) is 2.45. The van der Waals surface area contributed by atoms with Crippen LogP contribution in [0.2, 0.25) is 0 Å². The van der Waals surface area contributed by atoms with Crippen molar-refractivity contribution in [3.8, 4) is 23.0 Å². The summed E-state index contributed by atoms with van der Waals surface area (Å²) in [6.45, 7) is 0.196. The maximum atomic E-state index is 12.2. The minimum Gasteiger partial charge on any atom is -0.481 e. The number of hydrogen-bond acceptors (Lipinski definition) is 6. The van der Waals surface area contributed by atoms with Gasteiger partial charge in [-0.2, -0.15) is 0 Å². The van der Waals surface area contributed by atoms with Crippen LogP contribution in [0.3, 0.4) is 0 Å². The van der Waals surface area contributed by atoms with Crippen LogP contribution in [-0.4, -0.2) is 35.7 Å². The molecule has 2 aromatic carbocycles. The van der Waals surface area contributed by atoms with E-state index in [4.69, 9.17) is 18.9 Å². The molecule has 0 aromatic heterocycles. The quantitative estimate of drug-likeness (QED) is 0.827. The topological polar surface area (TPSA) is 112 Å². The molecule has 144 valence electrons. The molecule has 28 heavy (non-hydrogen) atoms. The number of ether oxygens (including phenoxy) is 4. The van der Waals surface area contributed by atoms with Crippen LogP contribution in [0.25, 0.3) is 0 Å². The lowest BCUT2D eigenvalue weighted by atomic mass is 9.81. The first kappa shape index (κ1) is 16.7. The molecule has 2 heterocycles. The van der Waals surface area contributed by atoms with E-state index in [1.54, 1.807) is 30.3 Å². The van der Waals surface area contributed by atoms with Gasteiger partial charge in [0.1, 0.15) is 0 Å². The molecule has 0 radical (unpaired) electrons. The van der Waals surface area contributed by atoms with Gasteiger partial charge in [0, 0.05) is 11.8 Å². The second-order valence-electron chi connectivity index (χ2n) is 6.99. The number of aliphatic carboxylic acids is 2. The highest BCUT2D eigenvalue weighted by Gasteiger charge is 2.47. The van der Waals surface area contributed by atoms with E-state index >= 15 is 0 Å². The molecule has 1 aliphatic carbocycles. The number of rotatable bonds is 4. The summed E-state index contributed by atoms with van der Waals surface area (Å²) < 4.78 is 21.7. The standard InChI is InChI=1S/C20H16O8/c21-17(22)6-12-10-4-15-16(28-8-27-15)5-11(10)18(19(12)20(23)24)9-1-2-13-14(3-9)26-7-25-13/h1-5,12,18-19H,6-8H2,(H,21,22)(H,23,24). The molecule has 0 saturated carbocycles. The first-order valence-electron chi connectivity index (χ1n) is 8.80. The minimum absolute atomic E-state index is 0.0822. The molecule has 3 unspecified atom stereocenters. The molecule has 3 aliphatic rings. The third-order valence-corrected chi connectivity index (χ3v) is 5.54. The van der Waals surface area contributed by atoms with Gasteiger partial charge < -0.3 is 29.2 Å². The van der Waals surface area contributed by atoms with Crippen LogP contribution < -0.4 is 18.9 Å². The first-order chi connectivity index (χ1) is 13.5. The second kappa shape index (κ2) is 6.05. The maximum Gasteiger partial charge on any atom is 0.308 e. The number of hydrogen-bond donors (Lipinski definition) is 2. The average molecular weight is 384 g/mol. The molecule has 5 rings (SSSR count). The van der Waals surface area contributed by atoms with E-state index in [1.165, 1.54) is 0 Å². The lowest BCUT2D eigenvalue weighted by molar-refractivity contribution is -0.143. The molecule has 2 aromatic rings. The van der Waals surface area contributed by atoms with E-state index in [0.29, 0.717) is 28.6 Å². The summed E-state index contributed by atoms with van der Waals surface area (Å²) >= 11 is 0. The zero-order valence-corrected chi connectivity index (χ0v) is 14.6. The van der Waals surface area contributed by atoms with E-state index in [9.17, 15) is 19.8 Å². The Bertz CT molecular complexity index is 998. The number of carboxylic acids is 2. The fraction of sp³-hybridized carbons (Fsp3) is 0.300. The number of carboxylic acid groups (broad SMARTS) is 2. The van der Waals surface area contributed by atoms with Gasteiger partial charge in [-0.25, -0.2) is 0 Å². The van der Waals surface area contributed by atoms with Crippen molar-refractivity contribution in [3.63, 3.8) is 0 Å². The SMILES string of the molecule is O=C(O)CC1c2cc3c(cc2C(c2ccc4c(c2)OCO4)C1C(=O)O)OCO3. The number of benzene rings is 2. The van der Waals surface area contributed by atoms with Gasteiger partial charge in [-0.15, -0.1) is 0 Å². The molecule has 2 N–H and O–H groups in total. The van der Waals surface area contributed by atoms with E-state index in [-0.39, 0.29) is 20.0 Å². The highest BCUT2D eigenvalue weighted by atomic mass is 16.7. The van der Waals surface area contributed by atoms with Crippen molar-refractivity contribution in [3.05, 3.63) is 47.0 Å². The minimum atomic E-state index is -1.05. The van der Waals surface area contributed by atoms with Crippen LogP contribution in [-0.2, 0) is 9.59 Å². The largest absolute Gasteiger partial charge is 0.481 e. The molecule has 0 saturated heterocycles. The van der Waals surface area contributed by atoms with Gasteiger partial charge in [0.25, 0.3) is 0 Å². The zero-order valence-electron chi connectivity index (χ0n) is 14.6. The van der Waals surface area contributed by atoms with E-state index in [2.05, 4.69) is 0 Å². The van der Waals surface area contributed by atoms with E-state index < -0.39 is 29.7 Å². The third-order valence-electron chi connectivity index (χ3n) is 5.54. The summed E-state index contributed by atoms with van der Waals surface area (Å²) in [7, 11) is 0. The lowest BCUT2D eigenvalue weighted by Gasteiger charge is -2.21. The van der Waals surface area contributed by atoms with Crippen LogP contribution in [0.4, 0.5) is 0 Å². The fourth-order valence-electron chi connectivity index (χ4n) is 4.42. The zero-order chi connectivity index (χ0) is 19.4. The molecular formula is C20H16O8. The van der Waals surface area contributed by atoms with Crippen LogP contribution in [0.5, 0.6) is 23.0 Å². The summed E-state index contributed by atoms with van der Waals surface area (Å²) in [6.07, 6.45) is -0.287. The van der Waals surface area contributed by atoms with Crippen molar-refractivity contribution in [1.82, 2.24) is 0 Å². The second-order valence-corrected chi connectivity index (χ2v) is 6.99. The van der Waals surface area contributed by atoms with E-state index in [0.717, 1.165) is 11.1 Å². The number of fused-ring (bicyclic) bond motifs is 3.